The van der Waals surface area contributed by atoms with E-state index in [1.165, 1.54) is 4.90 Å². The zero-order chi connectivity index (χ0) is 108. The molecule has 3 saturated heterocycles. The minimum absolute atomic E-state index is 0.0367. The number of hydrogen-bond donors (Lipinski definition) is 6. The number of Topliss-reactive ketones (excluding diaryl/α,β-unsaturated/α-hetero) is 7. The van der Waals surface area contributed by atoms with Gasteiger partial charge in [-0.3, -0.25) is 48.6 Å². The third kappa shape index (κ3) is 54.6. The fourth-order valence-electron chi connectivity index (χ4n) is 16.2. The van der Waals surface area contributed by atoms with Crippen LogP contribution in [0.5, 0.6) is 0 Å². The van der Waals surface area contributed by atoms with Crippen LogP contribution in [-0.4, -0.2) is 210 Å². The molecule has 0 saturated carbocycles. The van der Waals surface area contributed by atoms with E-state index in [0.717, 1.165) is 187 Å². The normalized spacial score (nSPS) is 15.1. The zero-order valence-corrected chi connectivity index (χ0v) is 94.8. The first-order chi connectivity index (χ1) is 68.4. The van der Waals surface area contributed by atoms with Crippen LogP contribution in [0.25, 0.3) is 0 Å². The summed E-state index contributed by atoms with van der Waals surface area (Å²) in [5.74, 6) is 2.61. The third-order valence-corrected chi connectivity index (χ3v) is 27.2. The maximum atomic E-state index is 12.5. The number of likely N-dealkylation sites (N-methyl/N-ethyl adjacent to an activating group) is 2. The summed E-state index contributed by atoms with van der Waals surface area (Å²) in [7, 11) is 5.41. The van der Waals surface area contributed by atoms with Crippen molar-refractivity contribution in [1.29, 1.82) is 0 Å². The van der Waals surface area contributed by atoms with Crippen molar-refractivity contribution in [2.45, 2.75) is 288 Å². The molecule has 19 nitrogen and oxygen atoms in total. The molecule has 7 aromatic rings. The molecule has 3 fully saturated rings. The summed E-state index contributed by atoms with van der Waals surface area (Å²) in [6.45, 7) is 41.8. The van der Waals surface area contributed by atoms with Gasteiger partial charge in [-0.15, -0.1) is 0 Å². The van der Waals surface area contributed by atoms with Gasteiger partial charge in [0.2, 0.25) is 5.91 Å². The van der Waals surface area contributed by atoms with Crippen LogP contribution in [0.4, 0.5) is 13.2 Å². The zero-order valence-electron chi connectivity index (χ0n) is 89.5. The van der Waals surface area contributed by atoms with Crippen LogP contribution in [0, 0.1) is 53.3 Å². The largest absolute Gasteiger partial charge is 0.390 e. The van der Waals surface area contributed by atoms with Gasteiger partial charge >= 0.3 is 6.18 Å². The van der Waals surface area contributed by atoms with Crippen molar-refractivity contribution in [2.24, 2.45) is 53.3 Å². The van der Waals surface area contributed by atoms with Gasteiger partial charge in [0, 0.05) is 155 Å². The maximum absolute atomic E-state index is 12.5. The minimum Gasteiger partial charge on any atom is -0.381 e. The Balaban J connectivity index is 0.000000353. The number of nitrogens with one attached hydrogen (secondary N) is 6. The predicted molar refractivity (Wildman–Crippen MR) is 593 cm³/mol. The molecule has 0 bridgehead atoms. The van der Waals surface area contributed by atoms with Crippen molar-refractivity contribution < 1.29 is 65.7 Å². The topological polar surface area (TPSA) is 243 Å². The highest BCUT2D eigenvalue weighted by Gasteiger charge is 2.33. The van der Waals surface area contributed by atoms with Crippen LogP contribution >= 0.6 is 81.2 Å². The molecule has 0 radical (unpaired) electrons. The molecule has 0 spiro atoms. The summed E-state index contributed by atoms with van der Waals surface area (Å²) in [5.41, 5.74) is 7.58. The van der Waals surface area contributed by atoms with Gasteiger partial charge in [0.15, 0.2) is 40.5 Å². The molecule has 0 unspecified atom stereocenters. The molecule has 3 aliphatic rings. The Morgan fingerprint density at radius 3 is 0.869 bits per heavy atom. The molecule has 3 heterocycles. The fourth-order valence-corrected chi connectivity index (χ4v) is 17.1. The van der Waals surface area contributed by atoms with Crippen LogP contribution in [0.1, 0.15) is 215 Å². The molecular weight excluding hydrogens is 1990 g/mol. The molecule has 7 aromatic carbocycles. The molecule has 0 aliphatic carbocycles. The molecular formula is C116H166Cl7F3N8O11. The van der Waals surface area contributed by atoms with Crippen LogP contribution < -0.4 is 31.9 Å². The van der Waals surface area contributed by atoms with E-state index in [0.29, 0.717) is 65.6 Å². The van der Waals surface area contributed by atoms with E-state index in [2.05, 4.69) is 64.5 Å². The Morgan fingerprint density at radius 1 is 0.324 bits per heavy atom. The molecule has 29 heteroatoms. The Labute approximate surface area is 900 Å². The lowest BCUT2D eigenvalue weighted by molar-refractivity contribution is -0.135. The number of carbonyl (C=O) groups excluding carboxylic acids is 8. The number of carbonyl (C=O) groups is 8. The van der Waals surface area contributed by atoms with Gasteiger partial charge in [-0.2, -0.15) is 13.2 Å². The van der Waals surface area contributed by atoms with Crippen molar-refractivity contribution in [3.8, 4) is 0 Å². The average molecular weight is 2150 g/mol. The molecule has 10 rings (SSSR count). The Hall–Kier alpha value is -6.88. The highest BCUT2D eigenvalue weighted by Crippen LogP contribution is 2.27. The van der Waals surface area contributed by atoms with Crippen molar-refractivity contribution in [3.05, 3.63) is 244 Å². The maximum Gasteiger partial charge on any atom is 0.390 e. The fraction of sp³-hybridized carbons (Fsp3) is 0.569. The lowest BCUT2D eigenvalue weighted by Crippen LogP contribution is -2.48. The van der Waals surface area contributed by atoms with Crippen LogP contribution in [0.15, 0.2) is 170 Å². The SMILES string of the molecule is CC(C)C(=O)[C@@H](Cc1ccc(Cl)cc1)N(C)C(C)C.CC(C)C(=O)[C@@H](Cc1ccc(Cl)cc1)NC1CCOCC1.CC(C)C(=O)[C@@H](Cc1ccc(Cl)cc1)NCC(=O)N(C)C.CC(C)C(=O)[C@@H](Cc1ccc(Cl)cc1)NCC1CCOCC1.CC(C)C(=O)[C@@H](Cc1ccc(Cl)cc1)NCCC(F)(F)F.CC(C)C(=O)[C@@H](Cc1ccc(Cl)cc1)NCCC1CCOCC1.CC(C)N[C@H](Cc1ccc(Cl)cc1)C(=O)C(C)C. The van der Waals surface area contributed by atoms with E-state index in [9.17, 15) is 51.5 Å². The van der Waals surface area contributed by atoms with E-state index in [-0.39, 0.29) is 131 Å². The van der Waals surface area contributed by atoms with E-state index in [1.54, 1.807) is 64.3 Å². The lowest BCUT2D eigenvalue weighted by atomic mass is 9.94. The van der Waals surface area contributed by atoms with E-state index >= 15 is 0 Å². The predicted octanol–water partition coefficient (Wildman–Crippen LogP) is 24.1. The molecule has 145 heavy (non-hydrogen) atoms. The number of benzene rings is 7. The number of hydrogen-bond acceptors (Lipinski definition) is 18. The Kier molecular flexibility index (Phi) is 63.2. The molecule has 7 atom stereocenters. The van der Waals surface area contributed by atoms with Crippen molar-refractivity contribution in [1.82, 2.24) is 41.7 Å². The number of amides is 1. The van der Waals surface area contributed by atoms with Gasteiger partial charge in [0.1, 0.15) is 0 Å². The lowest BCUT2D eigenvalue weighted by Gasteiger charge is -2.31. The van der Waals surface area contributed by atoms with Crippen LogP contribution in [-0.2, 0) is 97.5 Å². The van der Waals surface area contributed by atoms with Crippen molar-refractivity contribution in [3.63, 3.8) is 0 Å². The van der Waals surface area contributed by atoms with Gasteiger partial charge in [-0.05, 0) is 260 Å². The average Bonchev–Trinajstić information content (AvgIpc) is 0.851. The second-order valence-electron chi connectivity index (χ2n) is 40.9. The number of ketones is 7. The number of rotatable bonds is 47. The molecule has 0 aromatic heterocycles. The summed E-state index contributed by atoms with van der Waals surface area (Å²) < 4.78 is 52.8. The number of nitrogens with zero attached hydrogens (tertiary/aromatic N) is 2. The summed E-state index contributed by atoms with van der Waals surface area (Å²) in [6, 6.07) is 52.5. The quantitative estimate of drug-likeness (QED) is 0.0208. The van der Waals surface area contributed by atoms with Crippen molar-refractivity contribution in [2.75, 3.05) is 87.0 Å². The van der Waals surface area contributed by atoms with E-state index in [1.807, 2.05) is 224 Å². The summed E-state index contributed by atoms with van der Waals surface area (Å²) in [4.78, 5) is 102. The molecule has 806 valence electrons. The van der Waals surface area contributed by atoms with E-state index < -0.39 is 18.6 Å². The monoisotopic (exact) mass is 2150 g/mol. The summed E-state index contributed by atoms with van der Waals surface area (Å²) in [6.07, 6.45) is 6.85. The smallest absolute Gasteiger partial charge is 0.381 e. The van der Waals surface area contributed by atoms with Gasteiger partial charge in [0.05, 0.1) is 55.3 Å². The molecule has 3 aliphatic heterocycles. The number of alkyl halides is 3. The third-order valence-electron chi connectivity index (χ3n) is 25.4. The summed E-state index contributed by atoms with van der Waals surface area (Å²) in [5, 5.41) is 24.5. The Morgan fingerprint density at radius 2 is 0.579 bits per heavy atom. The molecule has 6 N–H and O–H groups in total. The van der Waals surface area contributed by atoms with Crippen LogP contribution in [0.3, 0.4) is 0 Å². The van der Waals surface area contributed by atoms with Gasteiger partial charge in [-0.1, -0.05) is 277 Å². The second-order valence-corrected chi connectivity index (χ2v) is 44.0. The van der Waals surface area contributed by atoms with Gasteiger partial charge in [-0.25, -0.2) is 0 Å². The Bertz CT molecular complexity index is 4850. The molecule has 1 amide bonds. The number of halogens is 10. The van der Waals surface area contributed by atoms with Crippen molar-refractivity contribution >= 4 is 128 Å². The van der Waals surface area contributed by atoms with Gasteiger partial charge < -0.3 is 45.7 Å². The first kappa shape index (κ1) is 130. The highest BCUT2D eigenvalue weighted by atomic mass is 35.5. The summed E-state index contributed by atoms with van der Waals surface area (Å²) >= 11 is 41.2. The first-order valence-electron chi connectivity index (χ1n) is 51.5. The van der Waals surface area contributed by atoms with E-state index in [4.69, 9.17) is 95.4 Å². The van der Waals surface area contributed by atoms with Crippen LogP contribution in [0.2, 0.25) is 35.2 Å². The first-order valence-corrected chi connectivity index (χ1v) is 54.2. The minimum atomic E-state index is -4.22. The second kappa shape index (κ2) is 70.3. The highest BCUT2D eigenvalue weighted by molar-refractivity contribution is 6.32. The standard InChI is InChI=1S/C19H28ClNO2.C18H26ClNO2.C17H24ClNO2.C16H23ClN2O2.C16H24ClNO.C15H19ClF3NO.C15H22ClNO/c1-14(2)19(22)18(13-16-3-5-17(20)6-4-16)21-10-7-15-8-11-23-12-9-15;1-13(2)18(21)17(11-14-3-5-16(19)6-4-14)20-12-15-7-9-22-10-8-15;1-12(2)17(20)16(19-15-7-9-21-10-8-15)11-13-3-5-14(18)6-4-13;1-11(2)16(21)14(18-10-15(20)19(3)4)9-12-5-7-13(17)8-6-12;1-11(2)16(19)15(18(5)12(3)4)10-13-6-8-14(17)9-7-13;1-10(2)14(21)13(20-8-7-15(17,18)19)9-11-3-5-12(16)6-4-11;1-10(2)15(18)14(17-11(3)4)9-12-5-7-13(16)8-6-12/h3-6,14-15,18,21H,7-13H2,1-2H3;3-6,13,15,17,20H,7-12H2,1-2H3;3-6,12,15-16,19H,7-11H2,1-2H3;5-8,11,14,18H,9-10H2,1-4H3;6-9,11-12,15H,10H2,1-5H3;3-6,10,13,20H,7-9H2,1-2H3;5-8,10-11,14,17H,9H2,1-4H3/t18-;17-;16-;14-;15-;13-;14-/m1111111/s1. The number of ether oxygens (including phenoxy) is 3. The van der Waals surface area contributed by atoms with Gasteiger partial charge in [0.25, 0.3) is 0 Å².